The summed E-state index contributed by atoms with van der Waals surface area (Å²) >= 11 is 0. The standard InChI is InChI=1S/3CH3.3BF4/c;;;3*2-1(3,4)5/h3*1H3;;;/q3*+1;3*-1. The van der Waals surface area contributed by atoms with E-state index in [9.17, 15) is 51.8 Å². The average molecular weight is 306 g/mol. The molecule has 0 saturated carbocycles. The van der Waals surface area contributed by atoms with Crippen molar-refractivity contribution in [1.82, 2.24) is 0 Å². The fourth-order valence-corrected chi connectivity index (χ4v) is 0. The molecule has 0 aliphatic carbocycles. The minimum Gasteiger partial charge on any atom is -0.418 e. The Balaban J connectivity index is -0.0000000277. The molecule has 15 heteroatoms. The molecule has 0 N–H and O–H groups in total. The van der Waals surface area contributed by atoms with Crippen molar-refractivity contribution >= 4 is 21.8 Å². The molecule has 114 valence electrons. The molecule has 0 amide bonds. The molecule has 0 aromatic heterocycles. The van der Waals surface area contributed by atoms with E-state index in [1.54, 1.807) is 0 Å². The molecule has 0 radical (unpaired) electrons. The summed E-state index contributed by atoms with van der Waals surface area (Å²) in [6, 6.07) is 0. The smallest absolute Gasteiger partial charge is 0.418 e. The van der Waals surface area contributed by atoms with Crippen LogP contribution in [0.1, 0.15) is 0 Å². The maximum atomic E-state index is 9.75. The van der Waals surface area contributed by atoms with Crippen molar-refractivity contribution in [1.29, 1.82) is 0 Å². The molecule has 0 aliphatic rings. The molecular formula is C3H9B3F12. The van der Waals surface area contributed by atoms with E-state index in [1.807, 2.05) is 0 Å². The Labute approximate surface area is 97.1 Å². The molecular weight excluding hydrogens is 296 g/mol. The fourth-order valence-electron chi connectivity index (χ4n) is 0. The van der Waals surface area contributed by atoms with Gasteiger partial charge in [0.25, 0.3) is 0 Å². The van der Waals surface area contributed by atoms with Crippen LogP contribution < -0.4 is 0 Å². The third-order valence-electron chi connectivity index (χ3n) is 0. The second kappa shape index (κ2) is 12.4. The summed E-state index contributed by atoms with van der Waals surface area (Å²) in [5, 5.41) is 0. The monoisotopic (exact) mass is 306 g/mol. The van der Waals surface area contributed by atoms with Crippen molar-refractivity contribution in [2.75, 3.05) is 0 Å². The maximum absolute atomic E-state index is 9.75. The van der Waals surface area contributed by atoms with Crippen LogP contribution in [0.4, 0.5) is 51.8 Å². The van der Waals surface area contributed by atoms with E-state index >= 15 is 0 Å². The van der Waals surface area contributed by atoms with Gasteiger partial charge in [0.05, 0.1) is 0 Å². The number of halogens is 12. The van der Waals surface area contributed by atoms with Gasteiger partial charge < -0.3 is 51.8 Å². The van der Waals surface area contributed by atoms with Crippen LogP contribution in [0.3, 0.4) is 0 Å². The van der Waals surface area contributed by atoms with E-state index in [4.69, 9.17) is 0 Å². The molecule has 0 heterocycles. The Kier molecular flexibility index (Phi) is 24.8. The summed E-state index contributed by atoms with van der Waals surface area (Å²) in [5.74, 6) is 0. The molecule has 0 aliphatic heterocycles. The molecule has 0 nitrogen and oxygen atoms in total. The van der Waals surface area contributed by atoms with Gasteiger partial charge in [-0.2, -0.15) is 0 Å². The topological polar surface area (TPSA) is 0 Å². The van der Waals surface area contributed by atoms with Crippen molar-refractivity contribution in [3.63, 3.8) is 0 Å². The van der Waals surface area contributed by atoms with E-state index in [0.29, 0.717) is 0 Å². The number of hydrogen-bond acceptors (Lipinski definition) is 0. The van der Waals surface area contributed by atoms with Crippen molar-refractivity contribution in [2.45, 2.75) is 0 Å². The zero-order valence-electron chi connectivity index (χ0n) is 9.27. The lowest BCUT2D eigenvalue weighted by atomic mass is 10.3. The fraction of sp³-hybridized carbons (Fsp3) is 0. The van der Waals surface area contributed by atoms with Crippen LogP contribution in [-0.4, -0.2) is 21.8 Å². The molecule has 0 atom stereocenters. The molecule has 18 heavy (non-hydrogen) atoms. The largest absolute Gasteiger partial charge is 0.673 e. The van der Waals surface area contributed by atoms with Crippen molar-refractivity contribution in [3.05, 3.63) is 22.3 Å². The third kappa shape index (κ3) is 2720. The SMILES string of the molecule is F[B-](F)(F)F.F[B-](F)(F)F.F[B-](F)(F)F.[CH3+].[CH3+].[CH3+]. The van der Waals surface area contributed by atoms with E-state index in [-0.39, 0.29) is 22.3 Å². The molecule has 0 bridgehead atoms. The van der Waals surface area contributed by atoms with Crippen LogP contribution in [0.5, 0.6) is 0 Å². The highest BCUT2D eigenvalue weighted by Crippen LogP contribution is 2.07. The Morgan fingerprint density at radius 3 is 0.278 bits per heavy atom. The second-order valence-electron chi connectivity index (χ2n) is 1.48. The maximum Gasteiger partial charge on any atom is 0.673 e. The van der Waals surface area contributed by atoms with Gasteiger partial charge in [-0.1, -0.05) is 0 Å². The van der Waals surface area contributed by atoms with Gasteiger partial charge in [0, 0.05) is 22.3 Å². The highest BCUT2D eigenvalue weighted by Gasteiger charge is 2.21. The number of rotatable bonds is 0. The highest BCUT2D eigenvalue weighted by atomic mass is 19.5. The van der Waals surface area contributed by atoms with E-state index in [1.165, 1.54) is 0 Å². The van der Waals surface area contributed by atoms with Gasteiger partial charge in [-0.05, 0) is 0 Å². The van der Waals surface area contributed by atoms with E-state index in [2.05, 4.69) is 0 Å². The van der Waals surface area contributed by atoms with Crippen molar-refractivity contribution in [3.8, 4) is 0 Å². The van der Waals surface area contributed by atoms with E-state index in [0.717, 1.165) is 0 Å². The van der Waals surface area contributed by atoms with Gasteiger partial charge in [0.2, 0.25) is 0 Å². The molecule has 0 saturated heterocycles. The minimum absolute atomic E-state index is 0. The van der Waals surface area contributed by atoms with Gasteiger partial charge in [0.15, 0.2) is 0 Å². The highest BCUT2D eigenvalue weighted by molar-refractivity contribution is 6.50. The Bertz CT molecular complexity index is 97.6. The van der Waals surface area contributed by atoms with Crippen molar-refractivity contribution in [2.24, 2.45) is 0 Å². The summed E-state index contributed by atoms with van der Waals surface area (Å²) in [7, 11) is -18.0. The molecule has 0 spiro atoms. The van der Waals surface area contributed by atoms with E-state index < -0.39 is 21.8 Å². The Morgan fingerprint density at radius 2 is 0.278 bits per heavy atom. The molecule has 0 rings (SSSR count). The van der Waals surface area contributed by atoms with Crippen LogP contribution in [0, 0.1) is 22.3 Å². The molecule has 0 aromatic rings. The van der Waals surface area contributed by atoms with Crippen LogP contribution in [0.15, 0.2) is 0 Å². The normalized spacial score (nSPS) is 10.0. The third-order valence-corrected chi connectivity index (χ3v) is 0. The summed E-state index contributed by atoms with van der Waals surface area (Å²) < 4.78 is 117. The predicted molar refractivity (Wildman–Crippen MR) is 49.8 cm³/mol. The van der Waals surface area contributed by atoms with Crippen LogP contribution in [0.25, 0.3) is 0 Å². The Morgan fingerprint density at radius 1 is 0.278 bits per heavy atom. The minimum atomic E-state index is -6.00. The zero-order valence-corrected chi connectivity index (χ0v) is 9.27. The Hall–Kier alpha value is -1.04. The molecule has 0 aromatic carbocycles. The first-order valence-corrected chi connectivity index (χ1v) is 2.62. The van der Waals surface area contributed by atoms with Crippen molar-refractivity contribution < 1.29 is 51.8 Å². The van der Waals surface area contributed by atoms with Gasteiger partial charge in [0.1, 0.15) is 0 Å². The van der Waals surface area contributed by atoms with Crippen LogP contribution in [-0.2, 0) is 0 Å². The molecule has 0 unspecified atom stereocenters. The quantitative estimate of drug-likeness (QED) is 0.326. The van der Waals surface area contributed by atoms with Gasteiger partial charge in [-0.15, -0.1) is 0 Å². The summed E-state index contributed by atoms with van der Waals surface area (Å²) in [5.41, 5.74) is 0. The van der Waals surface area contributed by atoms with Crippen LogP contribution >= 0.6 is 0 Å². The first kappa shape index (κ1) is 36.0. The van der Waals surface area contributed by atoms with Gasteiger partial charge in [-0.3, -0.25) is 0 Å². The van der Waals surface area contributed by atoms with Gasteiger partial charge in [-0.25, -0.2) is 0 Å². The average Bonchev–Trinajstić information content (AvgIpc) is 1.41. The lowest BCUT2D eigenvalue weighted by Crippen LogP contribution is -2.02. The lowest BCUT2D eigenvalue weighted by molar-refractivity contribution is 0.366. The predicted octanol–water partition coefficient (Wildman–Crippen LogP) is 5.25. The zero-order chi connectivity index (χ0) is 13.5. The summed E-state index contributed by atoms with van der Waals surface area (Å²) in [6.07, 6.45) is 0. The molecule has 0 fully saturated rings. The lowest BCUT2D eigenvalue weighted by Gasteiger charge is -1.94. The first-order valence-electron chi connectivity index (χ1n) is 2.62. The number of hydrogen-bond donors (Lipinski definition) is 0. The van der Waals surface area contributed by atoms with Crippen LogP contribution in [0.2, 0.25) is 0 Å². The van der Waals surface area contributed by atoms with Gasteiger partial charge >= 0.3 is 21.8 Å². The second-order valence-corrected chi connectivity index (χ2v) is 1.48. The first-order chi connectivity index (χ1) is 6.00. The summed E-state index contributed by atoms with van der Waals surface area (Å²) in [4.78, 5) is 0. The summed E-state index contributed by atoms with van der Waals surface area (Å²) in [6.45, 7) is 0.